The van der Waals surface area contributed by atoms with Crippen molar-refractivity contribution in [3.8, 4) is 0 Å². The van der Waals surface area contributed by atoms with Crippen LogP contribution in [0.4, 0.5) is 5.69 Å². The van der Waals surface area contributed by atoms with Crippen LogP contribution in [-0.4, -0.2) is 31.1 Å². The first-order chi connectivity index (χ1) is 5.86. The van der Waals surface area contributed by atoms with Crippen LogP contribution in [0.1, 0.15) is 0 Å². The minimum Gasteiger partial charge on any atom is -0.267 e. The molecule has 0 amide bonds. The average Bonchev–Trinajstić information content (AvgIpc) is 2.54. The Balaban J connectivity index is 2.22. The smallest absolute Gasteiger partial charge is 0.239 e. The molecule has 0 saturated carbocycles. The molecule has 0 N–H and O–H groups in total. The zero-order valence-corrected chi connectivity index (χ0v) is 7.27. The van der Waals surface area contributed by atoms with Gasteiger partial charge in [-0.1, -0.05) is 18.2 Å². The van der Waals surface area contributed by atoms with Gasteiger partial charge >= 0.3 is 0 Å². The summed E-state index contributed by atoms with van der Waals surface area (Å²) in [5, 5.41) is 0. The van der Waals surface area contributed by atoms with Gasteiger partial charge in [-0.3, -0.25) is 4.58 Å². The van der Waals surface area contributed by atoms with E-state index in [0.717, 1.165) is 13.1 Å². The first-order valence-corrected chi connectivity index (χ1v) is 4.23. The van der Waals surface area contributed by atoms with Crippen LogP contribution < -0.4 is 4.90 Å². The normalized spacial score (nSPS) is 16.4. The zero-order valence-electron chi connectivity index (χ0n) is 7.27. The van der Waals surface area contributed by atoms with Gasteiger partial charge < -0.3 is 0 Å². The Morgan fingerprint density at radius 1 is 1.25 bits per heavy atom. The first-order valence-electron chi connectivity index (χ1n) is 4.23. The molecular formula is C10H13N2+. The molecule has 0 aromatic heterocycles. The summed E-state index contributed by atoms with van der Waals surface area (Å²) in [6, 6.07) is 10.5. The summed E-state index contributed by atoms with van der Waals surface area (Å²) in [4.78, 5) is 2.26. The Hall–Kier alpha value is -1.31. The van der Waals surface area contributed by atoms with Gasteiger partial charge in [-0.05, 0) is 12.1 Å². The molecule has 2 heteroatoms. The van der Waals surface area contributed by atoms with E-state index in [1.807, 2.05) is 6.07 Å². The monoisotopic (exact) mass is 161 g/mol. The van der Waals surface area contributed by atoms with Crippen LogP contribution in [-0.2, 0) is 0 Å². The molecular weight excluding hydrogens is 148 g/mol. The van der Waals surface area contributed by atoms with Crippen molar-refractivity contribution in [3.05, 3.63) is 30.3 Å². The lowest BCUT2D eigenvalue weighted by atomic mass is 10.3. The number of benzene rings is 1. The predicted molar refractivity (Wildman–Crippen MR) is 50.9 cm³/mol. The highest BCUT2D eigenvalue weighted by molar-refractivity contribution is 5.76. The van der Waals surface area contributed by atoms with Crippen LogP contribution >= 0.6 is 0 Å². The van der Waals surface area contributed by atoms with Gasteiger partial charge in [0.15, 0.2) is 0 Å². The molecule has 0 atom stereocenters. The third kappa shape index (κ3) is 1.33. The second-order valence-electron chi connectivity index (χ2n) is 3.13. The van der Waals surface area contributed by atoms with Crippen LogP contribution in [0, 0.1) is 0 Å². The molecule has 0 bridgehead atoms. The number of hydrogen-bond acceptors (Lipinski definition) is 1. The highest BCUT2D eigenvalue weighted by Crippen LogP contribution is 2.12. The Morgan fingerprint density at radius 2 is 2.00 bits per heavy atom. The molecule has 0 unspecified atom stereocenters. The number of likely N-dealkylation sites (N-methyl/N-ethyl adjacent to an activating group) is 1. The lowest BCUT2D eigenvalue weighted by Gasteiger charge is -2.04. The van der Waals surface area contributed by atoms with E-state index in [1.165, 1.54) is 5.69 Å². The maximum atomic E-state index is 2.26. The Labute approximate surface area is 72.8 Å². The molecule has 0 radical (unpaired) electrons. The third-order valence-electron chi connectivity index (χ3n) is 2.12. The number of hydrogen-bond donors (Lipinski definition) is 0. The van der Waals surface area contributed by atoms with E-state index < -0.39 is 0 Å². The Kier molecular flexibility index (Phi) is 1.82. The summed E-state index contributed by atoms with van der Waals surface area (Å²) in [6.07, 6.45) is 2.15. The van der Waals surface area contributed by atoms with E-state index in [1.54, 1.807) is 0 Å². The topological polar surface area (TPSA) is 6.25 Å². The van der Waals surface area contributed by atoms with Gasteiger partial charge in [0.25, 0.3) is 0 Å². The van der Waals surface area contributed by atoms with E-state index in [4.69, 9.17) is 0 Å². The number of anilines is 1. The fraction of sp³-hybridized carbons (Fsp3) is 0.300. The van der Waals surface area contributed by atoms with E-state index in [0.29, 0.717) is 0 Å². The van der Waals surface area contributed by atoms with Gasteiger partial charge in [-0.25, -0.2) is 4.90 Å². The molecule has 62 valence electrons. The van der Waals surface area contributed by atoms with E-state index in [2.05, 4.69) is 47.1 Å². The highest BCUT2D eigenvalue weighted by atomic mass is 15.3. The van der Waals surface area contributed by atoms with E-state index in [-0.39, 0.29) is 0 Å². The summed E-state index contributed by atoms with van der Waals surface area (Å²) in [5.41, 5.74) is 1.28. The molecule has 2 nitrogen and oxygen atoms in total. The molecule has 0 spiro atoms. The van der Waals surface area contributed by atoms with Crippen LogP contribution in [0.3, 0.4) is 0 Å². The minimum atomic E-state index is 1.10. The minimum absolute atomic E-state index is 1.10. The van der Waals surface area contributed by atoms with Crippen molar-refractivity contribution >= 4 is 12.0 Å². The van der Waals surface area contributed by atoms with E-state index in [9.17, 15) is 0 Å². The fourth-order valence-electron chi connectivity index (χ4n) is 1.43. The molecule has 0 aliphatic carbocycles. The first kappa shape index (κ1) is 7.35. The summed E-state index contributed by atoms with van der Waals surface area (Å²) in [6.45, 7) is 2.22. The van der Waals surface area contributed by atoms with Crippen molar-refractivity contribution in [3.63, 3.8) is 0 Å². The lowest BCUT2D eigenvalue weighted by molar-refractivity contribution is -0.481. The second kappa shape index (κ2) is 2.97. The van der Waals surface area contributed by atoms with Crippen molar-refractivity contribution in [2.45, 2.75) is 0 Å². The van der Waals surface area contributed by atoms with E-state index >= 15 is 0 Å². The highest BCUT2D eigenvalue weighted by Gasteiger charge is 2.17. The molecule has 0 fully saturated rings. The fourth-order valence-corrected chi connectivity index (χ4v) is 1.43. The zero-order chi connectivity index (χ0) is 8.39. The maximum Gasteiger partial charge on any atom is 0.239 e. The molecule has 1 aromatic rings. The summed E-state index contributed by atoms with van der Waals surface area (Å²) >= 11 is 0. The van der Waals surface area contributed by atoms with Crippen molar-refractivity contribution in [2.75, 3.05) is 25.0 Å². The van der Waals surface area contributed by atoms with Crippen molar-refractivity contribution in [2.24, 2.45) is 0 Å². The van der Waals surface area contributed by atoms with Crippen LogP contribution in [0.25, 0.3) is 0 Å². The summed E-state index contributed by atoms with van der Waals surface area (Å²) in [5.74, 6) is 0. The maximum absolute atomic E-state index is 2.26. The Bertz CT molecular complexity index is 290. The average molecular weight is 161 g/mol. The number of nitrogens with zero attached hydrogens (tertiary/aromatic N) is 2. The molecule has 1 heterocycles. The van der Waals surface area contributed by atoms with Crippen molar-refractivity contribution in [1.82, 2.24) is 0 Å². The number of rotatable bonds is 1. The predicted octanol–water partition coefficient (Wildman–Crippen LogP) is 1.18. The second-order valence-corrected chi connectivity index (χ2v) is 3.13. The molecule has 2 rings (SSSR count). The van der Waals surface area contributed by atoms with Crippen LogP contribution in [0.15, 0.2) is 30.3 Å². The van der Waals surface area contributed by atoms with Gasteiger partial charge in [0.1, 0.15) is 18.8 Å². The number of para-hydroxylation sites is 1. The van der Waals surface area contributed by atoms with Crippen LogP contribution in [0.5, 0.6) is 0 Å². The van der Waals surface area contributed by atoms with Gasteiger partial charge in [0.2, 0.25) is 6.34 Å². The molecule has 1 aliphatic rings. The SMILES string of the molecule is C[N+]1=CN(c2ccccc2)CC1. The standard InChI is InChI=1S/C10H13N2/c1-11-7-8-12(9-11)10-5-3-2-4-6-10/h2-6,9H,7-8H2,1H3/q+1. The molecule has 0 saturated heterocycles. The molecule has 1 aromatic carbocycles. The quantitative estimate of drug-likeness (QED) is 0.560. The van der Waals surface area contributed by atoms with Gasteiger partial charge in [-0.15, -0.1) is 0 Å². The van der Waals surface area contributed by atoms with Gasteiger partial charge in [0, 0.05) is 0 Å². The van der Waals surface area contributed by atoms with Crippen molar-refractivity contribution in [1.29, 1.82) is 0 Å². The molecule has 12 heavy (non-hydrogen) atoms. The summed E-state index contributed by atoms with van der Waals surface area (Å²) in [7, 11) is 2.10. The lowest BCUT2D eigenvalue weighted by Crippen LogP contribution is -2.17. The van der Waals surface area contributed by atoms with Crippen LogP contribution in [0.2, 0.25) is 0 Å². The van der Waals surface area contributed by atoms with Gasteiger partial charge in [0.05, 0.1) is 7.05 Å². The van der Waals surface area contributed by atoms with Gasteiger partial charge in [-0.2, -0.15) is 0 Å². The largest absolute Gasteiger partial charge is 0.267 e. The molecule has 1 aliphatic heterocycles. The Morgan fingerprint density at radius 3 is 2.58 bits per heavy atom. The summed E-state index contributed by atoms with van der Waals surface area (Å²) < 4.78 is 2.20. The third-order valence-corrected chi connectivity index (χ3v) is 2.12. The van der Waals surface area contributed by atoms with Crippen molar-refractivity contribution < 1.29 is 4.58 Å².